The summed E-state index contributed by atoms with van der Waals surface area (Å²) in [6, 6.07) is 12.0. The van der Waals surface area contributed by atoms with Gasteiger partial charge in [-0.25, -0.2) is 4.79 Å². The number of unbranched alkanes of at least 4 members (excludes halogenated alkanes) is 4. The van der Waals surface area contributed by atoms with Crippen LogP contribution in [-0.4, -0.2) is 59.8 Å². The molecule has 2 aromatic rings. The summed E-state index contributed by atoms with van der Waals surface area (Å²) in [6.07, 6.45) is 3.87. The van der Waals surface area contributed by atoms with Gasteiger partial charge in [-0.15, -0.1) is 0 Å². The zero-order valence-electron chi connectivity index (χ0n) is 24.7. The Balaban J connectivity index is 2.46. The number of nitrogens with one attached hydrogen (secondary N) is 2. The smallest absolute Gasteiger partial charge is 0.408 e. The normalized spacial score (nSPS) is 12.7. The maximum atomic E-state index is 14.0. The summed E-state index contributed by atoms with van der Waals surface area (Å²) in [7, 11) is 1.56. The van der Waals surface area contributed by atoms with E-state index in [0.29, 0.717) is 23.4 Å². The third-order valence-electron chi connectivity index (χ3n) is 6.36. The van der Waals surface area contributed by atoms with Crippen LogP contribution in [0.1, 0.15) is 77.0 Å². The molecule has 0 aliphatic heterocycles. The number of hydrogen-bond donors (Lipinski definition) is 3. The Morgan fingerprint density at radius 1 is 0.975 bits per heavy atom. The van der Waals surface area contributed by atoms with Crippen LogP contribution in [0.15, 0.2) is 48.5 Å². The number of benzene rings is 2. The fourth-order valence-electron chi connectivity index (χ4n) is 4.32. The summed E-state index contributed by atoms with van der Waals surface area (Å²) in [5.74, 6) is -0.325. The van der Waals surface area contributed by atoms with E-state index in [1.165, 1.54) is 4.90 Å². The van der Waals surface area contributed by atoms with Crippen molar-refractivity contribution in [1.29, 1.82) is 0 Å². The first-order valence-corrected chi connectivity index (χ1v) is 13.9. The number of anilines is 1. The second-order valence-electron chi connectivity index (χ2n) is 10.8. The van der Waals surface area contributed by atoms with E-state index in [4.69, 9.17) is 9.47 Å². The summed E-state index contributed by atoms with van der Waals surface area (Å²) in [4.78, 5) is 41.8. The lowest BCUT2D eigenvalue weighted by molar-refractivity contribution is -0.141. The molecule has 0 saturated carbocycles. The number of carbonyl (C=O) groups excluding carboxylic acids is 3. The van der Waals surface area contributed by atoms with Gasteiger partial charge in [-0.2, -0.15) is 0 Å². The second-order valence-corrected chi connectivity index (χ2v) is 10.8. The summed E-state index contributed by atoms with van der Waals surface area (Å²) in [6.45, 7) is 8.76. The van der Waals surface area contributed by atoms with Crippen LogP contribution in [0.2, 0.25) is 0 Å². The summed E-state index contributed by atoms with van der Waals surface area (Å²) in [5, 5.41) is 15.6. The average molecular weight is 556 g/mol. The highest BCUT2D eigenvalue weighted by Gasteiger charge is 2.36. The van der Waals surface area contributed by atoms with Crippen LogP contribution in [-0.2, 0) is 14.3 Å². The number of rotatable bonds is 14. The molecule has 9 heteroatoms. The van der Waals surface area contributed by atoms with Crippen LogP contribution in [0.5, 0.6) is 5.75 Å². The van der Waals surface area contributed by atoms with E-state index in [-0.39, 0.29) is 6.54 Å². The standard InChI is InChI=1S/C31H45N3O6/c1-7-8-9-10-13-20-34(29(37)26(21-35)33-30(38)40-31(3,4)5)27(25-15-12-11-14-22(25)2)28(36)32-23-16-18-24(39-6)19-17-23/h11-12,14-19,26-27,35H,7-10,13,20-21H2,1-6H3,(H,32,36)(H,33,38). The van der Waals surface area contributed by atoms with Gasteiger partial charge in [0.1, 0.15) is 23.4 Å². The van der Waals surface area contributed by atoms with Gasteiger partial charge in [0.05, 0.1) is 13.7 Å². The van der Waals surface area contributed by atoms with Gasteiger partial charge in [0.15, 0.2) is 0 Å². The lowest BCUT2D eigenvalue weighted by atomic mass is 9.97. The van der Waals surface area contributed by atoms with Gasteiger partial charge in [0.2, 0.25) is 5.91 Å². The molecule has 2 rings (SSSR count). The molecule has 2 aromatic carbocycles. The maximum absolute atomic E-state index is 14.0. The van der Waals surface area contributed by atoms with Crippen LogP contribution in [0.4, 0.5) is 10.5 Å². The van der Waals surface area contributed by atoms with Crippen molar-refractivity contribution in [3.8, 4) is 5.75 Å². The van der Waals surface area contributed by atoms with E-state index in [9.17, 15) is 19.5 Å². The molecule has 0 spiro atoms. The fourth-order valence-corrected chi connectivity index (χ4v) is 4.32. The number of alkyl carbamates (subject to hydrolysis) is 1. The third-order valence-corrected chi connectivity index (χ3v) is 6.36. The predicted octanol–water partition coefficient (Wildman–Crippen LogP) is 5.37. The Hall–Kier alpha value is -3.59. The minimum Gasteiger partial charge on any atom is -0.497 e. The van der Waals surface area contributed by atoms with Crippen molar-refractivity contribution in [3.05, 3.63) is 59.7 Å². The number of carbonyl (C=O) groups is 3. The molecule has 2 atom stereocenters. The molecule has 9 nitrogen and oxygen atoms in total. The largest absolute Gasteiger partial charge is 0.497 e. The molecule has 0 fully saturated rings. The van der Waals surface area contributed by atoms with Gasteiger partial charge in [0.25, 0.3) is 5.91 Å². The van der Waals surface area contributed by atoms with E-state index in [2.05, 4.69) is 17.6 Å². The van der Waals surface area contributed by atoms with Crippen LogP contribution < -0.4 is 15.4 Å². The van der Waals surface area contributed by atoms with Crippen molar-refractivity contribution >= 4 is 23.6 Å². The average Bonchev–Trinajstić information content (AvgIpc) is 2.90. The topological polar surface area (TPSA) is 117 Å². The quantitative estimate of drug-likeness (QED) is 0.270. The SMILES string of the molecule is CCCCCCCN(C(=O)C(CO)NC(=O)OC(C)(C)C)C(C(=O)Nc1ccc(OC)cc1)c1ccccc1C. The first-order valence-electron chi connectivity index (χ1n) is 13.9. The molecule has 2 unspecified atom stereocenters. The Labute approximate surface area is 238 Å². The molecule has 0 radical (unpaired) electrons. The summed E-state index contributed by atoms with van der Waals surface area (Å²) >= 11 is 0. The monoisotopic (exact) mass is 555 g/mol. The maximum Gasteiger partial charge on any atom is 0.408 e. The number of amides is 3. The number of hydrogen-bond acceptors (Lipinski definition) is 6. The molecule has 0 bridgehead atoms. The molecule has 40 heavy (non-hydrogen) atoms. The lowest BCUT2D eigenvalue weighted by Gasteiger charge is -2.34. The first-order chi connectivity index (χ1) is 19.0. The van der Waals surface area contributed by atoms with Crippen molar-refractivity contribution in [2.24, 2.45) is 0 Å². The highest BCUT2D eigenvalue weighted by molar-refractivity contribution is 5.99. The van der Waals surface area contributed by atoms with E-state index >= 15 is 0 Å². The zero-order chi connectivity index (χ0) is 29.7. The van der Waals surface area contributed by atoms with Gasteiger partial charge in [0, 0.05) is 12.2 Å². The number of aliphatic hydroxyl groups is 1. The molecule has 3 amide bonds. The van der Waals surface area contributed by atoms with Crippen LogP contribution in [0, 0.1) is 6.92 Å². The first kappa shape index (κ1) is 32.6. The Bertz CT molecular complexity index is 1100. The van der Waals surface area contributed by atoms with Crippen molar-refractivity contribution in [3.63, 3.8) is 0 Å². The van der Waals surface area contributed by atoms with Gasteiger partial charge < -0.3 is 30.1 Å². The number of nitrogens with zero attached hydrogens (tertiary/aromatic N) is 1. The minimum absolute atomic E-state index is 0.268. The molecular weight excluding hydrogens is 510 g/mol. The molecule has 220 valence electrons. The van der Waals surface area contributed by atoms with E-state index in [0.717, 1.165) is 31.2 Å². The highest BCUT2D eigenvalue weighted by Crippen LogP contribution is 2.28. The van der Waals surface area contributed by atoms with E-state index < -0.39 is 42.2 Å². The lowest BCUT2D eigenvalue weighted by Crippen LogP contribution is -2.54. The van der Waals surface area contributed by atoms with Gasteiger partial charge >= 0.3 is 6.09 Å². The Kier molecular flexibility index (Phi) is 12.9. The van der Waals surface area contributed by atoms with Gasteiger partial charge in [-0.1, -0.05) is 56.9 Å². The number of methoxy groups -OCH3 is 1. The molecule has 0 aromatic heterocycles. The van der Waals surface area contributed by atoms with Crippen LogP contribution in [0.25, 0.3) is 0 Å². The Morgan fingerprint density at radius 2 is 1.62 bits per heavy atom. The van der Waals surface area contributed by atoms with Gasteiger partial charge in [-0.3, -0.25) is 9.59 Å². The van der Waals surface area contributed by atoms with Crippen molar-refractivity contribution in [2.75, 3.05) is 25.6 Å². The number of ether oxygens (including phenoxy) is 2. The highest BCUT2D eigenvalue weighted by atomic mass is 16.6. The van der Waals surface area contributed by atoms with Crippen molar-refractivity contribution in [2.45, 2.75) is 84.4 Å². The third kappa shape index (κ3) is 10.2. The van der Waals surface area contributed by atoms with E-state index in [1.807, 2.05) is 31.2 Å². The van der Waals surface area contributed by atoms with Gasteiger partial charge in [-0.05, 0) is 69.5 Å². The Morgan fingerprint density at radius 3 is 2.20 bits per heavy atom. The fraction of sp³-hybridized carbons (Fsp3) is 0.516. The number of aliphatic hydroxyl groups excluding tert-OH is 1. The molecular formula is C31H45N3O6. The van der Waals surface area contributed by atoms with Crippen molar-refractivity contribution < 1.29 is 29.0 Å². The minimum atomic E-state index is -1.29. The predicted molar refractivity (Wildman–Crippen MR) is 156 cm³/mol. The molecule has 0 aliphatic carbocycles. The van der Waals surface area contributed by atoms with Crippen LogP contribution in [0.3, 0.4) is 0 Å². The molecule has 0 saturated heterocycles. The summed E-state index contributed by atoms with van der Waals surface area (Å²) in [5.41, 5.74) is 1.25. The summed E-state index contributed by atoms with van der Waals surface area (Å²) < 4.78 is 10.5. The molecule has 0 aliphatic rings. The second kappa shape index (κ2) is 15.9. The zero-order valence-corrected chi connectivity index (χ0v) is 24.7. The van der Waals surface area contributed by atoms with E-state index in [1.54, 1.807) is 52.1 Å². The van der Waals surface area contributed by atoms with Crippen molar-refractivity contribution in [1.82, 2.24) is 10.2 Å². The molecule has 3 N–H and O–H groups in total. The number of aryl methyl sites for hydroxylation is 1. The molecule has 0 heterocycles. The van der Waals surface area contributed by atoms with Crippen LogP contribution >= 0.6 is 0 Å².